The molecule has 33 heavy (non-hydrogen) atoms. The molecule has 5 N–H and O–H groups in total. The number of urea groups is 1. The second kappa shape index (κ2) is 8.83. The number of benzene rings is 3. The molecule has 4 aromatic rings. The van der Waals surface area contributed by atoms with Crippen LogP contribution in [0.2, 0.25) is 0 Å². The first-order chi connectivity index (χ1) is 15.8. The fourth-order valence-corrected chi connectivity index (χ4v) is 3.57. The van der Waals surface area contributed by atoms with Crippen molar-refractivity contribution in [3.63, 3.8) is 0 Å². The van der Waals surface area contributed by atoms with E-state index in [4.69, 9.17) is 5.11 Å². The largest absolute Gasteiger partial charge is 0.501 e. The van der Waals surface area contributed by atoms with Crippen molar-refractivity contribution in [3.05, 3.63) is 88.3 Å². The quantitative estimate of drug-likeness (QED) is 0.316. The van der Waals surface area contributed by atoms with E-state index in [1.54, 1.807) is 18.2 Å². The van der Waals surface area contributed by atoms with Crippen molar-refractivity contribution in [2.24, 2.45) is 0 Å². The number of carbonyl (C=O) groups excluding carboxylic acids is 1. The summed E-state index contributed by atoms with van der Waals surface area (Å²) in [6.45, 7) is 1.89. The predicted octanol–water partition coefficient (Wildman–Crippen LogP) is 3.88. The van der Waals surface area contributed by atoms with E-state index in [-0.39, 0.29) is 11.9 Å². The molecule has 0 aliphatic heterocycles. The first-order valence-corrected chi connectivity index (χ1v) is 10.1. The van der Waals surface area contributed by atoms with Crippen LogP contribution in [0.25, 0.3) is 22.2 Å². The number of H-pyrrole nitrogens is 1. The molecule has 9 heteroatoms. The Hall–Kier alpha value is -4.66. The van der Waals surface area contributed by atoms with E-state index in [2.05, 4.69) is 20.6 Å². The minimum atomic E-state index is -1.53. The van der Waals surface area contributed by atoms with Crippen LogP contribution >= 0.6 is 0 Å². The fraction of sp³-hybridized carbons (Fsp3) is 0.0833. The van der Waals surface area contributed by atoms with Gasteiger partial charge in [-0.15, -0.1) is 0 Å². The van der Waals surface area contributed by atoms with E-state index in [9.17, 15) is 19.5 Å². The van der Waals surface area contributed by atoms with Crippen LogP contribution in [-0.2, 0) is 0 Å². The SMILES string of the molecule is C[C@H](NC(=O)Nc1cccc(-c2nc(C(=O)O)c(O)c(=O)[nH]2)c1)c1cccc2ccccc12. The normalized spacial score (nSPS) is 11.7. The Morgan fingerprint density at radius 2 is 1.76 bits per heavy atom. The van der Waals surface area contributed by atoms with Crippen LogP contribution in [0.1, 0.15) is 29.0 Å². The van der Waals surface area contributed by atoms with Gasteiger partial charge in [-0.3, -0.25) is 4.79 Å². The van der Waals surface area contributed by atoms with E-state index in [0.717, 1.165) is 16.3 Å². The number of nitrogens with zero attached hydrogens (tertiary/aromatic N) is 1. The Morgan fingerprint density at radius 1 is 1.03 bits per heavy atom. The Bertz CT molecular complexity index is 1420. The monoisotopic (exact) mass is 444 g/mol. The van der Waals surface area contributed by atoms with E-state index in [0.29, 0.717) is 11.3 Å². The number of nitrogens with one attached hydrogen (secondary N) is 3. The van der Waals surface area contributed by atoms with Gasteiger partial charge in [0.05, 0.1) is 6.04 Å². The Morgan fingerprint density at radius 3 is 2.55 bits per heavy atom. The molecule has 166 valence electrons. The summed E-state index contributed by atoms with van der Waals surface area (Å²) in [5.74, 6) is -2.55. The summed E-state index contributed by atoms with van der Waals surface area (Å²) in [6, 6.07) is 19.5. The highest BCUT2D eigenvalue weighted by atomic mass is 16.4. The van der Waals surface area contributed by atoms with Gasteiger partial charge < -0.3 is 25.8 Å². The standard InChI is InChI=1S/C24H20N4O5/c1-13(17-11-5-7-14-6-2-3-10-18(14)17)25-24(33)26-16-9-4-8-15(12-16)21-27-19(23(31)32)20(29)22(30)28-21/h2-13,29H,1H3,(H,31,32)(H2,25,26,33)(H,27,28,30)/t13-/m0/s1. The van der Waals surface area contributed by atoms with Gasteiger partial charge in [0, 0.05) is 11.3 Å². The maximum absolute atomic E-state index is 12.6. The number of aromatic hydroxyl groups is 1. The third-order valence-electron chi connectivity index (χ3n) is 5.13. The number of amides is 2. The fourth-order valence-electron chi connectivity index (χ4n) is 3.57. The number of aromatic nitrogens is 2. The molecular formula is C24H20N4O5. The van der Waals surface area contributed by atoms with E-state index in [1.807, 2.05) is 49.4 Å². The van der Waals surface area contributed by atoms with Crippen LogP contribution in [0.5, 0.6) is 5.75 Å². The van der Waals surface area contributed by atoms with Crippen LogP contribution in [0.3, 0.4) is 0 Å². The molecule has 1 heterocycles. The van der Waals surface area contributed by atoms with Crippen LogP contribution in [0, 0.1) is 0 Å². The summed E-state index contributed by atoms with van der Waals surface area (Å²) in [4.78, 5) is 41.8. The van der Waals surface area contributed by atoms with Gasteiger partial charge in [0.2, 0.25) is 5.75 Å². The van der Waals surface area contributed by atoms with Gasteiger partial charge in [-0.1, -0.05) is 54.6 Å². The van der Waals surface area contributed by atoms with E-state index >= 15 is 0 Å². The lowest BCUT2D eigenvalue weighted by molar-refractivity contribution is 0.0686. The third kappa shape index (κ3) is 4.52. The first kappa shape index (κ1) is 21.6. The van der Waals surface area contributed by atoms with E-state index < -0.39 is 29.0 Å². The van der Waals surface area contributed by atoms with Crippen molar-refractivity contribution in [3.8, 4) is 17.1 Å². The highest BCUT2D eigenvalue weighted by Gasteiger charge is 2.18. The predicted molar refractivity (Wildman–Crippen MR) is 123 cm³/mol. The Kier molecular flexibility index (Phi) is 5.77. The summed E-state index contributed by atoms with van der Waals surface area (Å²) in [5, 5.41) is 26.5. The zero-order chi connectivity index (χ0) is 23.5. The number of anilines is 1. The van der Waals surface area contributed by atoms with Gasteiger partial charge in [-0.25, -0.2) is 14.6 Å². The molecule has 1 aromatic heterocycles. The molecule has 0 fully saturated rings. The number of carboxylic acids is 1. The summed E-state index contributed by atoms with van der Waals surface area (Å²) >= 11 is 0. The number of hydrogen-bond donors (Lipinski definition) is 5. The van der Waals surface area contributed by atoms with Gasteiger partial charge in [0.1, 0.15) is 5.82 Å². The highest BCUT2D eigenvalue weighted by Crippen LogP contribution is 2.25. The van der Waals surface area contributed by atoms with Gasteiger partial charge in [-0.2, -0.15) is 0 Å². The molecule has 2 amide bonds. The van der Waals surface area contributed by atoms with Gasteiger partial charge in [0.25, 0.3) is 5.56 Å². The van der Waals surface area contributed by atoms with E-state index in [1.165, 1.54) is 6.07 Å². The Balaban J connectivity index is 1.54. The minimum absolute atomic E-state index is 0.0524. The number of hydrogen-bond acceptors (Lipinski definition) is 5. The average Bonchev–Trinajstić information content (AvgIpc) is 2.80. The van der Waals surface area contributed by atoms with Gasteiger partial charge >= 0.3 is 12.0 Å². The molecule has 4 rings (SSSR count). The topological polar surface area (TPSA) is 144 Å². The molecule has 0 saturated heterocycles. The van der Waals surface area contributed by atoms with Crippen molar-refractivity contribution in [1.29, 1.82) is 0 Å². The number of carbonyl (C=O) groups is 2. The van der Waals surface area contributed by atoms with Gasteiger partial charge in [0.15, 0.2) is 5.69 Å². The number of rotatable bonds is 5. The van der Waals surface area contributed by atoms with Crippen LogP contribution in [-0.4, -0.2) is 32.2 Å². The molecule has 0 aliphatic carbocycles. The summed E-state index contributed by atoms with van der Waals surface area (Å²) < 4.78 is 0. The maximum Gasteiger partial charge on any atom is 0.358 e. The number of aromatic carboxylic acids is 1. The average molecular weight is 444 g/mol. The number of aromatic amines is 1. The second-order valence-corrected chi connectivity index (χ2v) is 7.39. The molecule has 0 unspecified atom stereocenters. The summed E-state index contributed by atoms with van der Waals surface area (Å²) in [5.41, 5.74) is 0.00692. The molecule has 0 bridgehead atoms. The molecule has 9 nitrogen and oxygen atoms in total. The third-order valence-corrected chi connectivity index (χ3v) is 5.13. The summed E-state index contributed by atoms with van der Waals surface area (Å²) in [6.07, 6.45) is 0. The van der Waals surface area contributed by atoms with Crippen LogP contribution in [0.15, 0.2) is 71.5 Å². The summed E-state index contributed by atoms with van der Waals surface area (Å²) in [7, 11) is 0. The number of carboxylic acid groups (broad SMARTS) is 1. The molecule has 0 radical (unpaired) electrons. The lowest BCUT2D eigenvalue weighted by Gasteiger charge is -2.17. The molecule has 0 aliphatic rings. The molecule has 1 atom stereocenters. The molecule has 3 aromatic carbocycles. The lowest BCUT2D eigenvalue weighted by Crippen LogP contribution is -2.31. The van der Waals surface area contributed by atoms with Crippen LogP contribution < -0.4 is 16.2 Å². The second-order valence-electron chi connectivity index (χ2n) is 7.39. The van der Waals surface area contributed by atoms with Crippen molar-refractivity contribution < 1.29 is 19.8 Å². The van der Waals surface area contributed by atoms with Gasteiger partial charge in [-0.05, 0) is 35.4 Å². The highest BCUT2D eigenvalue weighted by molar-refractivity contribution is 5.92. The number of fused-ring (bicyclic) bond motifs is 1. The van der Waals surface area contributed by atoms with Crippen molar-refractivity contribution in [1.82, 2.24) is 15.3 Å². The molecule has 0 saturated carbocycles. The van der Waals surface area contributed by atoms with Crippen molar-refractivity contribution in [2.45, 2.75) is 13.0 Å². The van der Waals surface area contributed by atoms with Crippen molar-refractivity contribution in [2.75, 3.05) is 5.32 Å². The zero-order valence-corrected chi connectivity index (χ0v) is 17.5. The smallest absolute Gasteiger partial charge is 0.358 e. The molecule has 0 spiro atoms. The molecular weight excluding hydrogens is 424 g/mol. The van der Waals surface area contributed by atoms with Crippen LogP contribution in [0.4, 0.5) is 10.5 Å². The first-order valence-electron chi connectivity index (χ1n) is 10.1. The zero-order valence-electron chi connectivity index (χ0n) is 17.5. The minimum Gasteiger partial charge on any atom is -0.501 e. The Labute approximate surface area is 187 Å². The maximum atomic E-state index is 12.6. The van der Waals surface area contributed by atoms with Crippen molar-refractivity contribution >= 4 is 28.5 Å². The lowest BCUT2D eigenvalue weighted by atomic mass is 10.00.